The molecule has 0 radical (unpaired) electrons. The Labute approximate surface area is 236 Å². The Kier molecular flexibility index (Phi) is 12.4. The van der Waals surface area contributed by atoms with Crippen LogP contribution in [0.3, 0.4) is 0 Å². The molecule has 1 aliphatic heterocycles. The van der Waals surface area contributed by atoms with Crippen molar-refractivity contribution in [2.75, 3.05) is 19.8 Å². The summed E-state index contributed by atoms with van der Waals surface area (Å²) >= 11 is 0. The lowest BCUT2D eigenvalue weighted by Crippen LogP contribution is -2.60. The number of hydrogen-bond acceptors (Lipinski definition) is 9. The molecule has 0 spiro atoms. The molecule has 1 saturated carbocycles. The van der Waals surface area contributed by atoms with Crippen LogP contribution in [0.4, 0.5) is 0 Å². The molecule has 1 heterocycles. The molecule has 2 aromatic rings. The minimum atomic E-state index is -1.54. The average molecular weight is 559 g/mol. The number of benzene rings is 2. The number of rotatable bonds is 14. The Morgan fingerprint density at radius 1 is 0.800 bits per heavy atom. The summed E-state index contributed by atoms with van der Waals surface area (Å²) in [5.41, 5.74) is 1.99. The standard InChI is InChI=1S/C31H42O9/c32-27(16-22-10-4-1-5-11-22)38-21-26-28(33)29(34)30(35)31(40-26)39-25(19-36-17-23-12-6-2-7-13-23)20-37-18-24-14-8-3-9-15-24/h2-3,6-9,12-15,22,25-26,28-31,33-35H,1,4-5,10-11,16-21H2/t26-,28+,29+,30-,31-/m1/s1. The highest BCUT2D eigenvalue weighted by atomic mass is 16.7. The van der Waals surface area contributed by atoms with Crippen LogP contribution in [-0.4, -0.2) is 77.9 Å². The quantitative estimate of drug-likeness (QED) is 0.300. The molecule has 2 aliphatic rings. The van der Waals surface area contributed by atoms with Gasteiger partial charge in [-0.1, -0.05) is 79.9 Å². The van der Waals surface area contributed by atoms with Crippen molar-refractivity contribution in [2.45, 2.75) is 88.5 Å². The lowest BCUT2D eigenvalue weighted by molar-refractivity contribution is -0.317. The van der Waals surface area contributed by atoms with Crippen molar-refractivity contribution in [1.29, 1.82) is 0 Å². The van der Waals surface area contributed by atoms with E-state index in [4.69, 9.17) is 23.7 Å². The lowest BCUT2D eigenvalue weighted by Gasteiger charge is -2.41. The van der Waals surface area contributed by atoms with E-state index in [1.165, 1.54) is 6.42 Å². The zero-order valence-electron chi connectivity index (χ0n) is 22.9. The third-order valence-electron chi connectivity index (χ3n) is 7.41. The molecule has 2 aromatic carbocycles. The highest BCUT2D eigenvalue weighted by molar-refractivity contribution is 5.69. The number of aliphatic hydroxyl groups is 3. The summed E-state index contributed by atoms with van der Waals surface area (Å²) in [6.07, 6.45) is -1.71. The molecule has 1 aliphatic carbocycles. The maximum atomic E-state index is 12.4. The monoisotopic (exact) mass is 558 g/mol. The molecule has 9 nitrogen and oxygen atoms in total. The second-order valence-corrected chi connectivity index (χ2v) is 10.7. The first-order valence-electron chi connectivity index (χ1n) is 14.2. The van der Waals surface area contributed by atoms with Crippen LogP contribution in [0.1, 0.15) is 49.7 Å². The van der Waals surface area contributed by atoms with Gasteiger partial charge in [0.2, 0.25) is 0 Å². The second kappa shape index (κ2) is 16.2. The molecule has 0 aromatic heterocycles. The van der Waals surface area contributed by atoms with Gasteiger partial charge in [-0.05, 0) is 29.9 Å². The van der Waals surface area contributed by atoms with E-state index in [0.29, 0.717) is 25.6 Å². The smallest absolute Gasteiger partial charge is 0.306 e. The van der Waals surface area contributed by atoms with E-state index in [-0.39, 0.29) is 25.8 Å². The first kappa shape index (κ1) is 30.6. The molecular formula is C31H42O9. The van der Waals surface area contributed by atoms with Crippen molar-refractivity contribution < 1.29 is 43.8 Å². The van der Waals surface area contributed by atoms with Gasteiger partial charge in [0.05, 0.1) is 26.4 Å². The molecule has 1 saturated heterocycles. The summed E-state index contributed by atoms with van der Waals surface area (Å²) in [5.74, 6) is -0.0447. The molecule has 0 amide bonds. The van der Waals surface area contributed by atoms with E-state index in [1.807, 2.05) is 60.7 Å². The van der Waals surface area contributed by atoms with Crippen LogP contribution in [0, 0.1) is 5.92 Å². The van der Waals surface area contributed by atoms with Gasteiger partial charge in [-0.15, -0.1) is 0 Å². The number of esters is 1. The third kappa shape index (κ3) is 9.62. The molecule has 220 valence electrons. The Morgan fingerprint density at radius 2 is 1.38 bits per heavy atom. The third-order valence-corrected chi connectivity index (χ3v) is 7.41. The van der Waals surface area contributed by atoms with Crippen LogP contribution in [-0.2, 0) is 41.7 Å². The highest BCUT2D eigenvalue weighted by Crippen LogP contribution is 2.27. The maximum absolute atomic E-state index is 12.4. The normalized spacial score (nSPS) is 25.6. The van der Waals surface area contributed by atoms with Crippen molar-refractivity contribution in [3.8, 4) is 0 Å². The van der Waals surface area contributed by atoms with E-state index in [0.717, 1.165) is 36.8 Å². The SMILES string of the molecule is O=C(CC1CCCCC1)OC[C@H]1O[C@@H](OC(COCc2ccccc2)COCc2ccccc2)[C@H](O)[C@@H](O)[C@H]1O. The number of aliphatic hydroxyl groups excluding tert-OH is 3. The Balaban J connectivity index is 1.32. The van der Waals surface area contributed by atoms with Gasteiger partial charge in [0.15, 0.2) is 6.29 Å². The van der Waals surface area contributed by atoms with E-state index < -0.39 is 36.8 Å². The van der Waals surface area contributed by atoms with Crippen molar-refractivity contribution in [1.82, 2.24) is 0 Å². The van der Waals surface area contributed by atoms with E-state index in [2.05, 4.69) is 0 Å². The second-order valence-electron chi connectivity index (χ2n) is 10.7. The highest BCUT2D eigenvalue weighted by Gasteiger charge is 2.45. The van der Waals surface area contributed by atoms with Crippen LogP contribution in [0.2, 0.25) is 0 Å². The molecule has 5 atom stereocenters. The van der Waals surface area contributed by atoms with Crippen molar-refractivity contribution in [2.24, 2.45) is 5.92 Å². The van der Waals surface area contributed by atoms with Gasteiger partial charge in [-0.3, -0.25) is 4.79 Å². The first-order chi connectivity index (χ1) is 19.5. The zero-order chi connectivity index (χ0) is 28.2. The van der Waals surface area contributed by atoms with Crippen LogP contribution >= 0.6 is 0 Å². The molecule has 2 fully saturated rings. The summed E-state index contributed by atoms with van der Waals surface area (Å²) in [6, 6.07) is 19.4. The van der Waals surface area contributed by atoms with Gasteiger partial charge in [0.25, 0.3) is 0 Å². The number of carbonyl (C=O) groups is 1. The zero-order valence-corrected chi connectivity index (χ0v) is 22.9. The molecule has 4 rings (SSSR count). The Hall–Kier alpha value is -2.37. The fraction of sp³-hybridized carbons (Fsp3) is 0.581. The molecule has 40 heavy (non-hydrogen) atoms. The van der Waals surface area contributed by atoms with E-state index in [9.17, 15) is 20.1 Å². The number of hydrogen-bond donors (Lipinski definition) is 3. The van der Waals surface area contributed by atoms with Gasteiger partial charge in [-0.2, -0.15) is 0 Å². The van der Waals surface area contributed by atoms with Gasteiger partial charge in [0, 0.05) is 6.42 Å². The van der Waals surface area contributed by atoms with Crippen LogP contribution < -0.4 is 0 Å². The maximum Gasteiger partial charge on any atom is 0.306 e. The molecule has 3 N–H and O–H groups in total. The minimum Gasteiger partial charge on any atom is -0.463 e. The van der Waals surface area contributed by atoms with E-state index >= 15 is 0 Å². The predicted molar refractivity (Wildman–Crippen MR) is 146 cm³/mol. The molecular weight excluding hydrogens is 516 g/mol. The molecule has 0 unspecified atom stereocenters. The van der Waals surface area contributed by atoms with Gasteiger partial charge in [0.1, 0.15) is 37.1 Å². The molecule has 0 bridgehead atoms. The van der Waals surface area contributed by atoms with Gasteiger partial charge in [-0.25, -0.2) is 0 Å². The Bertz CT molecular complexity index is 937. The minimum absolute atomic E-state index is 0.135. The van der Waals surface area contributed by atoms with Crippen molar-refractivity contribution >= 4 is 5.97 Å². The van der Waals surface area contributed by atoms with Crippen LogP contribution in [0.25, 0.3) is 0 Å². The van der Waals surface area contributed by atoms with Crippen molar-refractivity contribution in [3.63, 3.8) is 0 Å². The topological polar surface area (TPSA) is 124 Å². The van der Waals surface area contributed by atoms with Crippen LogP contribution in [0.15, 0.2) is 60.7 Å². The Morgan fingerprint density at radius 3 is 1.95 bits per heavy atom. The fourth-order valence-electron chi connectivity index (χ4n) is 5.11. The summed E-state index contributed by atoms with van der Waals surface area (Å²) in [7, 11) is 0. The summed E-state index contributed by atoms with van der Waals surface area (Å²) in [6.45, 7) is 0.727. The van der Waals surface area contributed by atoms with E-state index in [1.54, 1.807) is 0 Å². The van der Waals surface area contributed by atoms with Gasteiger partial charge < -0.3 is 39.0 Å². The predicted octanol–water partition coefficient (Wildman–Crippen LogP) is 3.13. The van der Waals surface area contributed by atoms with Crippen molar-refractivity contribution in [3.05, 3.63) is 71.8 Å². The summed E-state index contributed by atoms with van der Waals surface area (Å²) < 4.78 is 29.0. The molecule has 9 heteroatoms. The largest absolute Gasteiger partial charge is 0.463 e. The lowest BCUT2D eigenvalue weighted by atomic mass is 9.87. The summed E-state index contributed by atoms with van der Waals surface area (Å²) in [4.78, 5) is 12.4. The summed E-state index contributed by atoms with van der Waals surface area (Å²) in [5, 5.41) is 31.6. The average Bonchev–Trinajstić information content (AvgIpc) is 2.98. The number of carbonyl (C=O) groups excluding carboxylic acids is 1. The first-order valence-corrected chi connectivity index (χ1v) is 14.2. The van der Waals surface area contributed by atoms with Gasteiger partial charge >= 0.3 is 5.97 Å². The number of ether oxygens (including phenoxy) is 5. The fourth-order valence-corrected chi connectivity index (χ4v) is 5.11. The van der Waals surface area contributed by atoms with Crippen LogP contribution in [0.5, 0.6) is 0 Å².